The molecule has 2 N–H and O–H groups in total. The van der Waals surface area contributed by atoms with Crippen molar-refractivity contribution in [3.63, 3.8) is 0 Å². The van der Waals surface area contributed by atoms with Crippen molar-refractivity contribution in [2.45, 2.75) is 6.54 Å². The maximum absolute atomic E-state index is 13.1. The van der Waals surface area contributed by atoms with E-state index in [1.165, 1.54) is 6.07 Å². The number of aromatic nitrogens is 1. The predicted octanol–water partition coefficient (Wildman–Crippen LogP) is 6.97. The van der Waals surface area contributed by atoms with Crippen molar-refractivity contribution >= 4 is 86.1 Å². The molecule has 0 saturated carbocycles. The Morgan fingerprint density at radius 2 is 1.79 bits per heavy atom. The van der Waals surface area contributed by atoms with Gasteiger partial charge in [-0.3, -0.25) is 4.79 Å². The van der Waals surface area contributed by atoms with Gasteiger partial charge < -0.3 is 14.6 Å². The average Bonchev–Trinajstić information content (AvgIpc) is 3.39. The molecule has 4 aromatic rings. The summed E-state index contributed by atoms with van der Waals surface area (Å²) in [5, 5.41) is 5.31. The number of urea groups is 1. The molecule has 1 fully saturated rings. The second-order valence-electron chi connectivity index (χ2n) is 8.17. The maximum Gasteiger partial charge on any atom is 0.338 e. The largest absolute Gasteiger partial charge is 0.492 e. The summed E-state index contributed by atoms with van der Waals surface area (Å²) in [5.74, 6) is 0.386. The molecule has 3 amide bonds. The van der Waals surface area contributed by atoms with Crippen molar-refractivity contribution < 1.29 is 14.3 Å². The van der Waals surface area contributed by atoms with E-state index in [0.717, 1.165) is 39.0 Å². The van der Waals surface area contributed by atoms with Gasteiger partial charge in [0.25, 0.3) is 5.91 Å². The highest BCUT2D eigenvalue weighted by atomic mass is 35.5. The van der Waals surface area contributed by atoms with Crippen LogP contribution in [0.15, 0.2) is 83.9 Å². The van der Waals surface area contributed by atoms with Crippen molar-refractivity contribution in [1.29, 1.82) is 0 Å². The molecule has 38 heavy (non-hydrogen) atoms. The number of hydrogen-bond acceptors (Lipinski definition) is 5. The molecule has 3 aromatic carbocycles. The van der Waals surface area contributed by atoms with Crippen LogP contribution in [0.1, 0.15) is 5.56 Å². The van der Waals surface area contributed by atoms with E-state index in [1.807, 2.05) is 60.8 Å². The molecule has 0 spiro atoms. The minimum Gasteiger partial charge on any atom is -0.492 e. The van der Waals surface area contributed by atoms with Crippen molar-refractivity contribution in [3.05, 3.63) is 99.5 Å². The number of carbonyl (C=O) groups excluding carboxylic acids is 2. The molecule has 0 unspecified atom stereocenters. The van der Waals surface area contributed by atoms with Crippen LogP contribution in [0.25, 0.3) is 17.0 Å². The number of nitrogens with one attached hydrogen (secondary N) is 2. The van der Waals surface area contributed by atoms with Crippen LogP contribution in [0.2, 0.25) is 10.0 Å². The van der Waals surface area contributed by atoms with Crippen LogP contribution >= 0.6 is 47.2 Å². The summed E-state index contributed by atoms with van der Waals surface area (Å²) < 4.78 is 8.16. The normalized spacial score (nSPS) is 14.4. The highest BCUT2D eigenvalue weighted by Crippen LogP contribution is 2.33. The molecule has 1 saturated heterocycles. The van der Waals surface area contributed by atoms with Gasteiger partial charge in [0.2, 0.25) is 0 Å². The molecule has 5 rings (SSSR count). The number of anilines is 1. The van der Waals surface area contributed by atoms with Crippen LogP contribution < -0.4 is 15.5 Å². The van der Waals surface area contributed by atoms with Gasteiger partial charge in [-0.2, -0.15) is 5.01 Å². The van der Waals surface area contributed by atoms with Gasteiger partial charge in [-0.1, -0.05) is 71.4 Å². The third kappa shape index (κ3) is 5.81. The number of thioether (sulfide) groups is 1. The second-order valence-corrected chi connectivity index (χ2v) is 10.7. The molecule has 192 valence electrons. The van der Waals surface area contributed by atoms with Crippen molar-refractivity contribution in [2.24, 2.45) is 0 Å². The molecule has 7 nitrogen and oxygen atoms in total. The molecule has 2 heterocycles. The van der Waals surface area contributed by atoms with Gasteiger partial charge in [0, 0.05) is 28.4 Å². The number of rotatable bonds is 7. The summed E-state index contributed by atoms with van der Waals surface area (Å²) >= 11 is 18.4. The minimum absolute atomic E-state index is 0.213. The number of para-hydroxylation sites is 2. The molecule has 0 atom stereocenters. The number of nitrogens with zero attached hydrogens (tertiary/aromatic N) is 2. The van der Waals surface area contributed by atoms with Crippen molar-refractivity contribution in [2.75, 3.05) is 11.9 Å². The summed E-state index contributed by atoms with van der Waals surface area (Å²) in [5.41, 5.74) is 4.79. The highest BCUT2D eigenvalue weighted by Gasteiger charge is 2.34. The van der Waals surface area contributed by atoms with E-state index in [9.17, 15) is 9.59 Å². The van der Waals surface area contributed by atoms with Gasteiger partial charge in [-0.25, -0.2) is 10.2 Å². The number of thiocarbonyl (C=S) groups is 1. The van der Waals surface area contributed by atoms with Gasteiger partial charge in [0.05, 0.1) is 21.5 Å². The zero-order valence-corrected chi connectivity index (χ0v) is 22.8. The smallest absolute Gasteiger partial charge is 0.338 e. The van der Waals surface area contributed by atoms with Crippen LogP contribution in [-0.2, 0) is 11.3 Å². The van der Waals surface area contributed by atoms with E-state index < -0.39 is 11.9 Å². The number of benzene rings is 3. The first-order valence-corrected chi connectivity index (χ1v) is 13.4. The Kier molecular flexibility index (Phi) is 7.90. The van der Waals surface area contributed by atoms with Gasteiger partial charge in [-0.15, -0.1) is 0 Å². The zero-order valence-electron chi connectivity index (χ0n) is 19.7. The first kappa shape index (κ1) is 26.1. The highest BCUT2D eigenvalue weighted by molar-refractivity contribution is 8.26. The standard InChI is InChI=1S/C27H20Cl2N4O3S2/c28-21-11-10-18(15-22(21)29)30-26(35)31-33-25(34)24(38-27(33)37)14-17-16-32(23-9-5-4-8-20(17)23)12-13-36-19-6-2-1-3-7-19/h1-11,14-16H,12-13H2,(H2,30,31,35)/b24-14-. The van der Waals surface area contributed by atoms with Crippen molar-refractivity contribution in [1.82, 2.24) is 15.0 Å². The van der Waals surface area contributed by atoms with E-state index in [0.29, 0.717) is 33.8 Å². The van der Waals surface area contributed by atoms with Gasteiger partial charge in [0.15, 0.2) is 4.32 Å². The topological polar surface area (TPSA) is 75.6 Å². The van der Waals surface area contributed by atoms with Gasteiger partial charge in [-0.05, 0) is 54.7 Å². The number of hydrogen-bond donors (Lipinski definition) is 2. The van der Waals surface area contributed by atoms with Gasteiger partial charge in [0.1, 0.15) is 12.4 Å². The number of carbonyl (C=O) groups is 2. The number of amides is 3. The first-order chi connectivity index (χ1) is 18.4. The van der Waals surface area contributed by atoms with Crippen LogP contribution in [0.3, 0.4) is 0 Å². The quantitative estimate of drug-likeness (QED) is 0.182. The Bertz CT molecular complexity index is 1570. The molecule has 1 aliphatic rings. The fourth-order valence-electron chi connectivity index (χ4n) is 3.89. The van der Waals surface area contributed by atoms with Gasteiger partial charge >= 0.3 is 6.03 Å². The summed E-state index contributed by atoms with van der Waals surface area (Å²) in [6.45, 7) is 1.11. The van der Waals surface area contributed by atoms with E-state index in [1.54, 1.807) is 18.2 Å². The third-order valence-electron chi connectivity index (χ3n) is 5.63. The Balaban J connectivity index is 1.30. The van der Waals surface area contributed by atoms with Crippen LogP contribution in [0, 0.1) is 0 Å². The third-order valence-corrected chi connectivity index (χ3v) is 7.68. The predicted molar refractivity (Wildman–Crippen MR) is 158 cm³/mol. The van der Waals surface area contributed by atoms with Crippen molar-refractivity contribution in [3.8, 4) is 5.75 Å². The summed E-state index contributed by atoms with van der Waals surface area (Å²) in [7, 11) is 0. The van der Waals surface area contributed by atoms with E-state index >= 15 is 0 Å². The molecular formula is C27H20Cl2N4O3S2. The Labute approximate surface area is 238 Å². The lowest BCUT2D eigenvalue weighted by atomic mass is 10.1. The maximum atomic E-state index is 13.1. The molecular weight excluding hydrogens is 563 g/mol. The lowest BCUT2D eigenvalue weighted by molar-refractivity contribution is -0.123. The SMILES string of the molecule is O=C(Nc1ccc(Cl)c(Cl)c1)NN1C(=O)/C(=C/c2cn(CCOc3ccccc3)c3ccccc23)SC1=S. The number of fused-ring (bicyclic) bond motifs is 1. The molecule has 1 aliphatic heterocycles. The second kappa shape index (κ2) is 11.5. The summed E-state index contributed by atoms with van der Waals surface area (Å²) in [6.07, 6.45) is 3.77. The fourth-order valence-corrected chi connectivity index (χ4v) is 5.36. The van der Waals surface area contributed by atoms with Crippen LogP contribution in [-0.4, -0.2) is 32.4 Å². The van der Waals surface area contributed by atoms with E-state index in [4.69, 9.17) is 40.2 Å². The number of ether oxygens (including phenoxy) is 1. The van der Waals surface area contributed by atoms with E-state index in [-0.39, 0.29) is 4.32 Å². The van der Waals surface area contributed by atoms with Crippen LogP contribution in [0.5, 0.6) is 5.75 Å². The minimum atomic E-state index is -0.643. The lowest BCUT2D eigenvalue weighted by Gasteiger charge is -2.16. The molecule has 0 radical (unpaired) electrons. The molecule has 11 heteroatoms. The summed E-state index contributed by atoms with van der Waals surface area (Å²) in [4.78, 5) is 26.0. The van der Waals surface area contributed by atoms with E-state index in [2.05, 4.69) is 15.3 Å². The molecule has 0 bridgehead atoms. The Morgan fingerprint density at radius 1 is 1.03 bits per heavy atom. The van der Waals surface area contributed by atoms with Crippen LogP contribution in [0.4, 0.5) is 10.5 Å². The first-order valence-electron chi connectivity index (χ1n) is 11.5. The Morgan fingerprint density at radius 3 is 2.58 bits per heavy atom. The molecule has 0 aliphatic carbocycles. The average molecular weight is 584 g/mol. The molecule has 1 aromatic heterocycles. The summed E-state index contributed by atoms with van der Waals surface area (Å²) in [6, 6.07) is 21.6. The zero-order chi connectivity index (χ0) is 26.6. The number of halogens is 2. The number of hydrazine groups is 1. The lowest BCUT2D eigenvalue weighted by Crippen LogP contribution is -2.46. The Hall–Kier alpha value is -3.50. The monoisotopic (exact) mass is 582 g/mol. The fraction of sp³-hybridized carbons (Fsp3) is 0.0741.